The first-order chi connectivity index (χ1) is 7.41. The first-order valence-electron chi connectivity index (χ1n) is 4.40. The minimum Gasteiger partial charge on any atom is -0.368 e. The lowest BCUT2D eigenvalue weighted by Gasteiger charge is -2.15. The van der Waals surface area contributed by atoms with Gasteiger partial charge in [0.25, 0.3) is 5.91 Å². The Morgan fingerprint density at radius 2 is 2.12 bits per heavy atom. The van der Waals surface area contributed by atoms with Crippen molar-refractivity contribution < 1.29 is 9.59 Å². The van der Waals surface area contributed by atoms with Crippen molar-refractivity contribution in [2.45, 2.75) is 0 Å². The van der Waals surface area contributed by atoms with E-state index in [1.54, 1.807) is 18.2 Å². The topological polar surface area (TPSA) is 63.4 Å². The van der Waals surface area contributed by atoms with E-state index >= 15 is 0 Å². The fraction of sp³-hybridized carbons (Fsp3) is 0.200. The van der Waals surface area contributed by atoms with Gasteiger partial charge >= 0.3 is 0 Å². The minimum absolute atomic E-state index is 0.112. The van der Waals surface area contributed by atoms with Crippen molar-refractivity contribution in [3.63, 3.8) is 0 Å². The van der Waals surface area contributed by atoms with Crippen molar-refractivity contribution in [1.29, 1.82) is 0 Å². The number of halogens is 2. The molecule has 2 N–H and O–H groups in total. The summed E-state index contributed by atoms with van der Waals surface area (Å²) in [6.07, 6.45) is 0. The van der Waals surface area contributed by atoms with E-state index in [-0.39, 0.29) is 12.5 Å². The molecule has 6 heteroatoms. The van der Waals surface area contributed by atoms with Gasteiger partial charge in [0.05, 0.1) is 11.6 Å². The quantitative estimate of drug-likeness (QED) is 0.923. The van der Waals surface area contributed by atoms with E-state index in [9.17, 15) is 9.59 Å². The predicted octanol–water partition coefficient (Wildman–Crippen LogP) is 1.66. The number of likely N-dealkylation sites (N-methyl/N-ethyl adjacent to an activating group) is 1. The highest BCUT2D eigenvalue weighted by atomic mass is 79.9. The third-order valence-corrected chi connectivity index (χ3v) is 3.12. The highest BCUT2D eigenvalue weighted by Crippen LogP contribution is 2.23. The smallest absolute Gasteiger partial charge is 0.254 e. The molecule has 86 valence electrons. The van der Waals surface area contributed by atoms with Crippen LogP contribution in [0.1, 0.15) is 10.4 Å². The number of hydrogen-bond acceptors (Lipinski definition) is 2. The van der Waals surface area contributed by atoms with Gasteiger partial charge in [-0.1, -0.05) is 11.6 Å². The van der Waals surface area contributed by atoms with E-state index in [0.29, 0.717) is 15.1 Å². The van der Waals surface area contributed by atoms with Crippen LogP contribution in [0.4, 0.5) is 0 Å². The number of rotatable bonds is 3. The molecule has 0 bridgehead atoms. The van der Waals surface area contributed by atoms with Gasteiger partial charge in [0, 0.05) is 17.1 Å². The lowest BCUT2D eigenvalue weighted by Crippen LogP contribution is -2.35. The number of primary amides is 1. The van der Waals surface area contributed by atoms with Crippen LogP contribution in [0, 0.1) is 0 Å². The number of carbonyl (C=O) groups is 2. The molecule has 0 spiro atoms. The number of nitrogens with two attached hydrogens (primary N) is 1. The van der Waals surface area contributed by atoms with E-state index in [2.05, 4.69) is 15.9 Å². The molecule has 2 amide bonds. The summed E-state index contributed by atoms with van der Waals surface area (Å²) in [5.41, 5.74) is 5.44. The van der Waals surface area contributed by atoms with Crippen molar-refractivity contribution in [3.05, 3.63) is 33.3 Å². The van der Waals surface area contributed by atoms with Gasteiger partial charge in [-0.2, -0.15) is 0 Å². The molecule has 4 nitrogen and oxygen atoms in total. The van der Waals surface area contributed by atoms with E-state index in [1.165, 1.54) is 11.9 Å². The van der Waals surface area contributed by atoms with Crippen molar-refractivity contribution in [2.24, 2.45) is 5.73 Å². The Balaban J connectivity index is 2.88. The SMILES string of the molecule is CN(CC(N)=O)C(=O)c1ccc(Cl)c(Br)c1. The molecule has 0 aliphatic heterocycles. The maximum absolute atomic E-state index is 11.8. The van der Waals surface area contributed by atoms with Gasteiger partial charge in [-0.3, -0.25) is 9.59 Å². The van der Waals surface area contributed by atoms with Crippen molar-refractivity contribution in [2.75, 3.05) is 13.6 Å². The molecule has 1 aromatic rings. The standard InChI is InChI=1S/C10H10BrClN2O2/c1-14(5-9(13)15)10(16)6-2-3-8(12)7(11)4-6/h2-4H,5H2,1H3,(H2,13,15). The zero-order valence-electron chi connectivity index (χ0n) is 8.54. The van der Waals surface area contributed by atoms with E-state index in [0.717, 1.165) is 0 Å². The van der Waals surface area contributed by atoms with Crippen LogP contribution < -0.4 is 5.73 Å². The summed E-state index contributed by atoms with van der Waals surface area (Å²) in [5, 5.41) is 0.522. The Labute approximate surface area is 106 Å². The summed E-state index contributed by atoms with van der Waals surface area (Å²) in [6.45, 7) is -0.112. The highest BCUT2D eigenvalue weighted by Gasteiger charge is 2.14. The normalized spacial score (nSPS) is 9.94. The molecule has 0 radical (unpaired) electrons. The number of nitrogens with zero attached hydrogens (tertiary/aromatic N) is 1. The predicted molar refractivity (Wildman–Crippen MR) is 65.3 cm³/mol. The van der Waals surface area contributed by atoms with Crippen LogP contribution in [0.5, 0.6) is 0 Å². The molecule has 16 heavy (non-hydrogen) atoms. The molecular weight excluding hydrogens is 295 g/mol. The molecule has 1 aromatic carbocycles. The zero-order chi connectivity index (χ0) is 12.3. The first-order valence-corrected chi connectivity index (χ1v) is 5.57. The second-order valence-electron chi connectivity index (χ2n) is 3.26. The highest BCUT2D eigenvalue weighted by molar-refractivity contribution is 9.10. The molecule has 0 fully saturated rings. The second kappa shape index (κ2) is 5.32. The number of carbonyl (C=O) groups excluding carboxylic acids is 2. The molecule has 0 aromatic heterocycles. The number of benzene rings is 1. The summed E-state index contributed by atoms with van der Waals surface area (Å²) in [6, 6.07) is 4.80. The summed E-state index contributed by atoms with van der Waals surface area (Å²) in [7, 11) is 1.51. The van der Waals surface area contributed by atoms with Crippen molar-refractivity contribution in [1.82, 2.24) is 4.90 Å². The lowest BCUT2D eigenvalue weighted by molar-refractivity contribution is -0.118. The Kier molecular flexibility index (Phi) is 4.32. The average Bonchev–Trinajstić information content (AvgIpc) is 2.20. The van der Waals surface area contributed by atoms with Crippen LogP contribution in [0.2, 0.25) is 5.02 Å². The van der Waals surface area contributed by atoms with Crippen molar-refractivity contribution in [3.8, 4) is 0 Å². The molecule has 1 rings (SSSR count). The lowest BCUT2D eigenvalue weighted by atomic mass is 10.2. The largest absolute Gasteiger partial charge is 0.368 e. The van der Waals surface area contributed by atoms with E-state index < -0.39 is 5.91 Å². The van der Waals surface area contributed by atoms with Gasteiger partial charge in [-0.15, -0.1) is 0 Å². The van der Waals surface area contributed by atoms with Crippen LogP contribution in [0.15, 0.2) is 22.7 Å². The summed E-state index contributed by atoms with van der Waals surface area (Å²) in [5.74, 6) is -0.833. The van der Waals surface area contributed by atoms with Gasteiger partial charge in [0.1, 0.15) is 0 Å². The summed E-state index contributed by atoms with van der Waals surface area (Å²) < 4.78 is 0.632. The third-order valence-electron chi connectivity index (χ3n) is 1.91. The Morgan fingerprint density at radius 3 is 2.62 bits per heavy atom. The Hall–Kier alpha value is -1.07. The fourth-order valence-corrected chi connectivity index (χ4v) is 1.65. The zero-order valence-corrected chi connectivity index (χ0v) is 10.9. The van der Waals surface area contributed by atoms with Gasteiger partial charge in [0.2, 0.25) is 5.91 Å². The van der Waals surface area contributed by atoms with Crippen LogP contribution in [0.3, 0.4) is 0 Å². The van der Waals surface area contributed by atoms with Crippen LogP contribution in [0.25, 0.3) is 0 Å². The van der Waals surface area contributed by atoms with Gasteiger partial charge in [0.15, 0.2) is 0 Å². The van der Waals surface area contributed by atoms with E-state index in [1.807, 2.05) is 0 Å². The van der Waals surface area contributed by atoms with Crippen molar-refractivity contribution >= 4 is 39.3 Å². The second-order valence-corrected chi connectivity index (χ2v) is 4.52. The van der Waals surface area contributed by atoms with Gasteiger partial charge < -0.3 is 10.6 Å². The molecule has 0 atom stereocenters. The minimum atomic E-state index is -0.552. The maximum Gasteiger partial charge on any atom is 0.254 e. The first kappa shape index (κ1) is 13.0. The summed E-state index contributed by atoms with van der Waals surface area (Å²) in [4.78, 5) is 23.7. The molecule has 0 aliphatic rings. The molecule has 0 aliphatic carbocycles. The fourth-order valence-electron chi connectivity index (χ4n) is 1.16. The molecule has 0 saturated heterocycles. The Morgan fingerprint density at radius 1 is 1.50 bits per heavy atom. The Bertz CT molecular complexity index is 437. The van der Waals surface area contributed by atoms with Gasteiger partial charge in [-0.25, -0.2) is 0 Å². The van der Waals surface area contributed by atoms with Gasteiger partial charge in [-0.05, 0) is 34.1 Å². The van der Waals surface area contributed by atoms with Crippen LogP contribution in [-0.4, -0.2) is 30.3 Å². The molecule has 0 saturated carbocycles. The molecule has 0 unspecified atom stereocenters. The van der Waals surface area contributed by atoms with Crippen LogP contribution >= 0.6 is 27.5 Å². The van der Waals surface area contributed by atoms with E-state index in [4.69, 9.17) is 17.3 Å². The number of amides is 2. The average molecular weight is 306 g/mol. The number of hydrogen-bond donors (Lipinski definition) is 1. The monoisotopic (exact) mass is 304 g/mol. The molecule has 0 heterocycles. The summed E-state index contributed by atoms with van der Waals surface area (Å²) >= 11 is 9.02. The maximum atomic E-state index is 11.8. The van der Waals surface area contributed by atoms with Crippen LogP contribution in [-0.2, 0) is 4.79 Å². The molecular formula is C10H10BrClN2O2. The third kappa shape index (κ3) is 3.21.